The van der Waals surface area contributed by atoms with Crippen LogP contribution in [-0.4, -0.2) is 53.0 Å². The molecule has 0 aliphatic carbocycles. The summed E-state index contributed by atoms with van der Waals surface area (Å²) >= 11 is 0. The quantitative estimate of drug-likeness (QED) is 0.125. The number of anilines is 3. The molecule has 0 aliphatic heterocycles. The zero-order valence-corrected chi connectivity index (χ0v) is 21.6. The highest BCUT2D eigenvalue weighted by molar-refractivity contribution is 6.16. The minimum atomic E-state index is -0.891. The fraction of sp³-hybridized carbons (Fsp3) is 0.143. The number of para-hydroxylation sites is 2. The van der Waals surface area contributed by atoms with Gasteiger partial charge in [0.1, 0.15) is 23.8 Å². The van der Waals surface area contributed by atoms with Crippen LogP contribution >= 0.6 is 0 Å². The number of carbonyl (C=O) groups excluding carboxylic acids is 1. The van der Waals surface area contributed by atoms with E-state index in [-0.39, 0.29) is 34.4 Å². The van der Waals surface area contributed by atoms with Gasteiger partial charge in [-0.05, 0) is 37.3 Å². The molecule has 198 valence electrons. The van der Waals surface area contributed by atoms with Crippen molar-refractivity contribution in [2.45, 2.75) is 13.0 Å². The largest absolute Gasteiger partial charge is 0.481 e. The number of amidine groups is 1. The number of likely N-dealkylation sites (N-methyl/N-ethyl adjacent to an activating group) is 1. The second-order valence-corrected chi connectivity index (χ2v) is 8.46. The lowest BCUT2D eigenvalue weighted by molar-refractivity contribution is 0.112. The molecule has 39 heavy (non-hydrogen) atoms. The first-order chi connectivity index (χ1) is 18.8. The molecule has 1 atom stereocenters. The van der Waals surface area contributed by atoms with Gasteiger partial charge in [-0.15, -0.1) is 0 Å². The van der Waals surface area contributed by atoms with Crippen LogP contribution in [0.3, 0.4) is 0 Å². The Bertz CT molecular complexity index is 1530. The fourth-order valence-electron chi connectivity index (χ4n) is 3.94. The van der Waals surface area contributed by atoms with E-state index in [2.05, 4.69) is 20.3 Å². The Kier molecular flexibility index (Phi) is 8.20. The van der Waals surface area contributed by atoms with Gasteiger partial charge in [0.25, 0.3) is 0 Å². The summed E-state index contributed by atoms with van der Waals surface area (Å²) in [5, 5.41) is 12.0. The van der Waals surface area contributed by atoms with Gasteiger partial charge in [0.15, 0.2) is 6.29 Å². The predicted octanol–water partition coefficient (Wildman–Crippen LogP) is 4.50. The second kappa shape index (κ2) is 11.9. The number of nitrogens with two attached hydrogens (primary N) is 1. The Labute approximate surface area is 224 Å². The number of ether oxygens (including phenoxy) is 1. The molecule has 10 nitrogen and oxygen atoms in total. The fourth-order valence-corrected chi connectivity index (χ4v) is 3.94. The van der Waals surface area contributed by atoms with Crippen LogP contribution in [0.15, 0.2) is 78.0 Å². The van der Waals surface area contributed by atoms with Crippen molar-refractivity contribution in [3.63, 3.8) is 0 Å². The maximum absolute atomic E-state index is 14.7. The lowest BCUT2D eigenvalue weighted by Crippen LogP contribution is -2.40. The molecular formula is C28H27FN8O2. The highest BCUT2D eigenvalue weighted by Gasteiger charge is 2.24. The van der Waals surface area contributed by atoms with E-state index in [4.69, 9.17) is 20.9 Å². The van der Waals surface area contributed by atoms with Crippen molar-refractivity contribution in [2.24, 2.45) is 4.99 Å². The predicted molar refractivity (Wildman–Crippen MR) is 150 cm³/mol. The highest BCUT2D eigenvalue weighted by Crippen LogP contribution is 2.26. The number of hydrogen-bond acceptors (Lipinski definition) is 9. The second-order valence-electron chi connectivity index (χ2n) is 8.46. The van der Waals surface area contributed by atoms with Crippen LogP contribution in [0.25, 0.3) is 0 Å². The van der Waals surface area contributed by atoms with E-state index in [9.17, 15) is 9.18 Å². The van der Waals surface area contributed by atoms with Crippen LogP contribution < -0.4 is 20.7 Å². The molecule has 0 amide bonds. The SMILES string of the molecule is COc1ccc(C(=N)c2c(N)ncnc2NC(C)C(=Nc2ccccc2C=O)N(C)c2ccccc2)c(F)n1. The summed E-state index contributed by atoms with van der Waals surface area (Å²) in [5.74, 6) is -0.0801. The van der Waals surface area contributed by atoms with Crippen LogP contribution in [0.1, 0.15) is 28.4 Å². The van der Waals surface area contributed by atoms with Gasteiger partial charge >= 0.3 is 0 Å². The van der Waals surface area contributed by atoms with Crippen molar-refractivity contribution in [1.29, 1.82) is 5.41 Å². The van der Waals surface area contributed by atoms with E-state index in [1.165, 1.54) is 25.6 Å². The molecule has 0 radical (unpaired) electrons. The van der Waals surface area contributed by atoms with E-state index in [0.29, 0.717) is 17.1 Å². The lowest BCUT2D eigenvalue weighted by Gasteiger charge is -2.28. The summed E-state index contributed by atoms with van der Waals surface area (Å²) < 4.78 is 19.7. The first kappa shape index (κ1) is 26.9. The van der Waals surface area contributed by atoms with E-state index >= 15 is 0 Å². The average molecular weight is 527 g/mol. The van der Waals surface area contributed by atoms with Gasteiger partial charge in [0.05, 0.1) is 35.7 Å². The maximum atomic E-state index is 14.7. The van der Waals surface area contributed by atoms with Gasteiger partial charge in [-0.2, -0.15) is 9.37 Å². The number of aromatic nitrogens is 3. The van der Waals surface area contributed by atoms with Crippen LogP contribution in [0, 0.1) is 11.4 Å². The molecule has 0 saturated carbocycles. The zero-order chi connectivity index (χ0) is 27.9. The summed E-state index contributed by atoms with van der Waals surface area (Å²) in [6.45, 7) is 1.85. The van der Waals surface area contributed by atoms with Gasteiger partial charge in [0, 0.05) is 24.4 Å². The Hall–Kier alpha value is -5.19. The van der Waals surface area contributed by atoms with E-state index in [0.717, 1.165) is 12.0 Å². The van der Waals surface area contributed by atoms with Crippen molar-refractivity contribution in [3.05, 3.63) is 95.7 Å². The van der Waals surface area contributed by atoms with E-state index < -0.39 is 12.0 Å². The molecule has 4 aromatic rings. The van der Waals surface area contributed by atoms with Crippen LogP contribution in [0.4, 0.5) is 27.4 Å². The smallest absolute Gasteiger partial charge is 0.225 e. The monoisotopic (exact) mass is 526 g/mol. The van der Waals surface area contributed by atoms with Crippen molar-refractivity contribution >= 4 is 40.8 Å². The molecule has 0 spiro atoms. The molecule has 0 bridgehead atoms. The molecule has 11 heteroatoms. The maximum Gasteiger partial charge on any atom is 0.225 e. The molecule has 1 unspecified atom stereocenters. The Morgan fingerprint density at radius 3 is 2.54 bits per heavy atom. The van der Waals surface area contributed by atoms with Crippen molar-refractivity contribution in [3.8, 4) is 5.88 Å². The van der Waals surface area contributed by atoms with Crippen molar-refractivity contribution < 1.29 is 13.9 Å². The number of halogens is 1. The minimum absolute atomic E-state index is 0.0129. The third-order valence-corrected chi connectivity index (χ3v) is 5.95. The van der Waals surface area contributed by atoms with Crippen LogP contribution in [0.5, 0.6) is 5.88 Å². The lowest BCUT2D eigenvalue weighted by atomic mass is 10.0. The van der Waals surface area contributed by atoms with Crippen molar-refractivity contribution in [1.82, 2.24) is 15.0 Å². The Morgan fingerprint density at radius 1 is 1.13 bits per heavy atom. The zero-order valence-electron chi connectivity index (χ0n) is 21.6. The Morgan fingerprint density at radius 2 is 1.85 bits per heavy atom. The van der Waals surface area contributed by atoms with Crippen molar-refractivity contribution in [2.75, 3.05) is 30.1 Å². The number of aldehydes is 1. The number of methoxy groups -OCH3 is 1. The number of nitrogen functional groups attached to an aromatic ring is 1. The van der Waals surface area contributed by atoms with Crippen LogP contribution in [-0.2, 0) is 0 Å². The number of rotatable bonds is 9. The average Bonchev–Trinajstić information content (AvgIpc) is 2.95. The molecule has 4 rings (SSSR count). The molecule has 2 heterocycles. The first-order valence-corrected chi connectivity index (χ1v) is 11.9. The normalized spacial score (nSPS) is 11.9. The third-order valence-electron chi connectivity index (χ3n) is 5.95. The van der Waals surface area contributed by atoms with Gasteiger partial charge in [-0.25, -0.2) is 15.0 Å². The van der Waals surface area contributed by atoms with E-state index in [1.807, 2.05) is 49.2 Å². The molecular weight excluding hydrogens is 499 g/mol. The summed E-state index contributed by atoms with van der Waals surface area (Å²) in [5.41, 5.74) is 7.68. The number of benzene rings is 2. The highest BCUT2D eigenvalue weighted by atomic mass is 19.1. The number of aliphatic imine (C=N–C) groups is 1. The molecule has 0 aliphatic rings. The molecule has 2 aromatic carbocycles. The third kappa shape index (κ3) is 5.87. The number of nitrogens with one attached hydrogen (secondary N) is 2. The number of carbonyl (C=O) groups is 1. The molecule has 2 aromatic heterocycles. The summed E-state index contributed by atoms with van der Waals surface area (Å²) in [7, 11) is 3.23. The number of nitrogens with zero attached hydrogens (tertiary/aromatic N) is 5. The van der Waals surface area contributed by atoms with Gasteiger partial charge in [0.2, 0.25) is 11.8 Å². The van der Waals surface area contributed by atoms with E-state index in [1.54, 1.807) is 24.3 Å². The summed E-state index contributed by atoms with van der Waals surface area (Å²) in [4.78, 5) is 30.4. The molecule has 0 fully saturated rings. The Balaban J connectivity index is 1.76. The summed E-state index contributed by atoms with van der Waals surface area (Å²) in [6.07, 6.45) is 2.00. The molecule has 4 N–H and O–H groups in total. The van der Waals surface area contributed by atoms with Gasteiger partial charge < -0.3 is 20.7 Å². The number of pyridine rings is 1. The first-order valence-electron chi connectivity index (χ1n) is 11.9. The van der Waals surface area contributed by atoms with Crippen LogP contribution in [0.2, 0.25) is 0 Å². The standard InChI is InChI=1S/C28H27FN8O2/c1-17(28(37(2)19-10-5-4-6-11-19)35-21-12-8-7-9-18(21)15-38)34-27-23(26(31)32-16-33-27)24(30)20-13-14-22(39-3)36-25(20)29/h4-17,30H,1-3H3,(H3,31,32,33,34). The van der Waals surface area contributed by atoms with Gasteiger partial charge in [-0.1, -0.05) is 30.3 Å². The summed E-state index contributed by atoms with van der Waals surface area (Å²) in [6, 6.07) is 18.9. The number of hydrogen-bond donors (Lipinski definition) is 3. The van der Waals surface area contributed by atoms with Gasteiger partial charge in [-0.3, -0.25) is 10.2 Å². The minimum Gasteiger partial charge on any atom is -0.481 e. The topological polar surface area (TPSA) is 142 Å². The molecule has 0 saturated heterocycles.